The van der Waals surface area contributed by atoms with Gasteiger partial charge in [-0.05, 0) is 24.5 Å². The number of para-hydroxylation sites is 1. The average molecular weight is 241 g/mol. The molecule has 0 aromatic heterocycles. The Morgan fingerprint density at radius 1 is 1.31 bits per heavy atom. The SMILES string of the molecule is CC(N(C)c1c(N)cccc1Cl)C(C)(C)C. The average Bonchev–Trinajstić information content (AvgIpc) is 2.14. The lowest BCUT2D eigenvalue weighted by atomic mass is 9.87. The Balaban J connectivity index is 3.10. The third kappa shape index (κ3) is 2.62. The third-order valence-corrected chi connectivity index (χ3v) is 3.51. The van der Waals surface area contributed by atoms with Crippen molar-refractivity contribution >= 4 is 23.0 Å². The zero-order valence-corrected chi connectivity index (χ0v) is 11.5. The number of halogens is 1. The minimum atomic E-state index is 0.181. The molecule has 0 saturated carbocycles. The van der Waals surface area contributed by atoms with Crippen molar-refractivity contribution < 1.29 is 0 Å². The zero-order chi connectivity index (χ0) is 12.5. The predicted molar refractivity (Wildman–Crippen MR) is 73.2 cm³/mol. The van der Waals surface area contributed by atoms with E-state index in [1.807, 2.05) is 25.2 Å². The van der Waals surface area contributed by atoms with Crippen LogP contribution in [0.15, 0.2) is 18.2 Å². The number of hydrogen-bond donors (Lipinski definition) is 1. The number of benzene rings is 1. The maximum absolute atomic E-state index is 6.20. The largest absolute Gasteiger partial charge is 0.397 e. The summed E-state index contributed by atoms with van der Waals surface area (Å²) in [6.45, 7) is 8.81. The summed E-state index contributed by atoms with van der Waals surface area (Å²) in [6, 6.07) is 5.98. The van der Waals surface area contributed by atoms with E-state index in [-0.39, 0.29) is 5.41 Å². The van der Waals surface area contributed by atoms with Crippen molar-refractivity contribution in [3.05, 3.63) is 23.2 Å². The van der Waals surface area contributed by atoms with E-state index in [9.17, 15) is 0 Å². The van der Waals surface area contributed by atoms with Crippen LogP contribution in [0.1, 0.15) is 27.7 Å². The van der Waals surface area contributed by atoms with Gasteiger partial charge in [0.1, 0.15) is 0 Å². The van der Waals surface area contributed by atoms with Gasteiger partial charge in [0.2, 0.25) is 0 Å². The molecule has 0 saturated heterocycles. The van der Waals surface area contributed by atoms with E-state index < -0.39 is 0 Å². The first-order chi connectivity index (χ1) is 7.25. The topological polar surface area (TPSA) is 29.3 Å². The maximum Gasteiger partial charge on any atom is 0.0789 e. The van der Waals surface area contributed by atoms with Gasteiger partial charge in [0.05, 0.1) is 16.4 Å². The molecule has 0 amide bonds. The van der Waals surface area contributed by atoms with Crippen LogP contribution in [0.3, 0.4) is 0 Å². The van der Waals surface area contributed by atoms with Crippen LogP contribution in [-0.2, 0) is 0 Å². The van der Waals surface area contributed by atoms with E-state index in [0.717, 1.165) is 11.4 Å². The molecule has 0 radical (unpaired) electrons. The van der Waals surface area contributed by atoms with E-state index in [4.69, 9.17) is 17.3 Å². The summed E-state index contributed by atoms with van der Waals surface area (Å²) in [6.07, 6.45) is 0. The van der Waals surface area contributed by atoms with Gasteiger partial charge in [0.25, 0.3) is 0 Å². The molecule has 16 heavy (non-hydrogen) atoms. The van der Waals surface area contributed by atoms with Gasteiger partial charge < -0.3 is 10.6 Å². The molecule has 1 atom stereocenters. The molecule has 0 aliphatic heterocycles. The molecule has 2 nitrogen and oxygen atoms in total. The summed E-state index contributed by atoms with van der Waals surface area (Å²) in [5.74, 6) is 0. The quantitative estimate of drug-likeness (QED) is 0.797. The summed E-state index contributed by atoms with van der Waals surface area (Å²) < 4.78 is 0. The predicted octanol–water partition coefficient (Wildman–Crippen LogP) is 3.79. The number of nitrogen functional groups attached to an aromatic ring is 1. The van der Waals surface area contributed by atoms with E-state index in [1.165, 1.54) is 0 Å². The number of hydrogen-bond acceptors (Lipinski definition) is 2. The molecule has 2 N–H and O–H groups in total. The second-order valence-electron chi connectivity index (χ2n) is 5.33. The summed E-state index contributed by atoms with van der Waals surface area (Å²) in [7, 11) is 2.04. The lowest BCUT2D eigenvalue weighted by Crippen LogP contribution is -2.39. The minimum absolute atomic E-state index is 0.181. The van der Waals surface area contributed by atoms with Crippen molar-refractivity contribution in [2.45, 2.75) is 33.7 Å². The lowest BCUT2D eigenvalue weighted by molar-refractivity contribution is 0.330. The molecule has 0 heterocycles. The Labute approximate surface area is 103 Å². The fourth-order valence-corrected chi connectivity index (χ4v) is 1.99. The molecule has 0 aliphatic carbocycles. The van der Waals surface area contributed by atoms with Crippen LogP contribution >= 0.6 is 11.6 Å². The fourth-order valence-electron chi connectivity index (χ4n) is 1.68. The summed E-state index contributed by atoms with van der Waals surface area (Å²) in [5, 5.41) is 0.707. The summed E-state index contributed by atoms with van der Waals surface area (Å²) in [5.41, 5.74) is 7.81. The highest BCUT2D eigenvalue weighted by Crippen LogP contribution is 2.35. The van der Waals surface area contributed by atoms with Crippen LogP contribution < -0.4 is 10.6 Å². The maximum atomic E-state index is 6.20. The molecule has 3 heteroatoms. The monoisotopic (exact) mass is 240 g/mol. The first-order valence-corrected chi connectivity index (χ1v) is 5.89. The van der Waals surface area contributed by atoms with Crippen molar-refractivity contribution in [3.8, 4) is 0 Å². The minimum Gasteiger partial charge on any atom is -0.397 e. The van der Waals surface area contributed by atoms with Crippen LogP contribution in [0.2, 0.25) is 5.02 Å². The van der Waals surface area contributed by atoms with E-state index in [0.29, 0.717) is 11.1 Å². The molecule has 1 aromatic rings. The number of rotatable bonds is 2. The number of nitrogens with two attached hydrogens (primary N) is 1. The van der Waals surface area contributed by atoms with Crippen molar-refractivity contribution in [2.75, 3.05) is 17.7 Å². The Morgan fingerprint density at radius 3 is 2.31 bits per heavy atom. The smallest absolute Gasteiger partial charge is 0.0789 e. The van der Waals surface area contributed by atoms with Crippen LogP contribution in [0.25, 0.3) is 0 Å². The Hall–Kier alpha value is -0.890. The zero-order valence-electron chi connectivity index (χ0n) is 10.7. The van der Waals surface area contributed by atoms with E-state index in [2.05, 4.69) is 32.6 Å². The van der Waals surface area contributed by atoms with Gasteiger partial charge in [-0.15, -0.1) is 0 Å². The fraction of sp³-hybridized carbons (Fsp3) is 0.538. The van der Waals surface area contributed by atoms with Crippen LogP contribution in [-0.4, -0.2) is 13.1 Å². The van der Waals surface area contributed by atoms with Crippen LogP contribution in [0.4, 0.5) is 11.4 Å². The third-order valence-electron chi connectivity index (χ3n) is 3.20. The number of anilines is 2. The van der Waals surface area contributed by atoms with Crippen molar-refractivity contribution in [1.29, 1.82) is 0 Å². The Bertz CT molecular complexity index is 348. The van der Waals surface area contributed by atoms with Gasteiger partial charge in [-0.1, -0.05) is 38.4 Å². The molecule has 1 aromatic carbocycles. The Kier molecular flexibility index (Phi) is 3.74. The molecule has 90 valence electrons. The normalized spacial score (nSPS) is 13.6. The molecule has 0 spiro atoms. The molecule has 0 aliphatic rings. The first kappa shape index (κ1) is 13.2. The molecule has 0 bridgehead atoms. The van der Waals surface area contributed by atoms with E-state index >= 15 is 0 Å². The highest BCUT2D eigenvalue weighted by molar-refractivity contribution is 6.34. The molecule has 1 unspecified atom stereocenters. The number of nitrogens with zero attached hydrogens (tertiary/aromatic N) is 1. The van der Waals surface area contributed by atoms with Gasteiger partial charge in [-0.25, -0.2) is 0 Å². The molecular weight excluding hydrogens is 220 g/mol. The van der Waals surface area contributed by atoms with Crippen LogP contribution in [0, 0.1) is 5.41 Å². The lowest BCUT2D eigenvalue weighted by Gasteiger charge is -2.37. The first-order valence-electron chi connectivity index (χ1n) is 5.52. The molecular formula is C13H21ClN2. The van der Waals surface area contributed by atoms with Crippen molar-refractivity contribution in [3.63, 3.8) is 0 Å². The standard InChI is InChI=1S/C13H21ClN2/c1-9(13(2,3)4)16(5)12-10(14)7-6-8-11(12)15/h6-9H,15H2,1-5H3. The summed E-state index contributed by atoms with van der Waals surface area (Å²) in [4.78, 5) is 2.15. The van der Waals surface area contributed by atoms with Crippen molar-refractivity contribution in [1.82, 2.24) is 0 Å². The van der Waals surface area contributed by atoms with Gasteiger partial charge >= 0.3 is 0 Å². The van der Waals surface area contributed by atoms with E-state index in [1.54, 1.807) is 0 Å². The molecule has 0 fully saturated rings. The van der Waals surface area contributed by atoms with Gasteiger partial charge in [-0.2, -0.15) is 0 Å². The van der Waals surface area contributed by atoms with Gasteiger partial charge in [-0.3, -0.25) is 0 Å². The second-order valence-corrected chi connectivity index (χ2v) is 5.74. The second kappa shape index (κ2) is 4.54. The Morgan fingerprint density at radius 2 is 1.88 bits per heavy atom. The van der Waals surface area contributed by atoms with Crippen LogP contribution in [0.5, 0.6) is 0 Å². The van der Waals surface area contributed by atoms with Crippen molar-refractivity contribution in [2.24, 2.45) is 5.41 Å². The summed E-state index contributed by atoms with van der Waals surface area (Å²) >= 11 is 6.20. The highest BCUT2D eigenvalue weighted by Gasteiger charge is 2.26. The highest BCUT2D eigenvalue weighted by atomic mass is 35.5. The van der Waals surface area contributed by atoms with Gasteiger partial charge in [0, 0.05) is 13.1 Å². The van der Waals surface area contributed by atoms with Gasteiger partial charge in [0.15, 0.2) is 0 Å². The molecule has 1 rings (SSSR count).